The van der Waals surface area contributed by atoms with Crippen molar-refractivity contribution in [1.29, 1.82) is 0 Å². The molecule has 7 rings (SSSR count). The number of carbonyl (C=O) groups is 1. The predicted octanol–water partition coefficient (Wildman–Crippen LogP) is 3.51. The molecule has 1 amide bonds. The van der Waals surface area contributed by atoms with Gasteiger partial charge in [-0.05, 0) is 43.2 Å². The summed E-state index contributed by atoms with van der Waals surface area (Å²) in [6.07, 6.45) is 5.76. The number of likely N-dealkylation sites (tertiary alicyclic amines) is 1. The first-order valence-electron chi connectivity index (χ1n) is 12.1. The molecule has 2 saturated heterocycles. The van der Waals surface area contributed by atoms with E-state index in [2.05, 4.69) is 21.5 Å². The second kappa shape index (κ2) is 7.45. The highest BCUT2D eigenvalue weighted by molar-refractivity contribution is 5.98. The standard InChI is InChI=1S/C26H25FN6O2/c1-2-9-32-19-7-6-16(25(34)33-13-21-26(15-35-21)12-20(26)33)11-18(19)30-23(32)14-31-10-8-28-24(31)17-4-3-5-22(27)29-17/h3-8,10-11,20-21H,2,9,12-15H2,1H3. The van der Waals surface area contributed by atoms with Crippen molar-refractivity contribution in [3.05, 3.63) is 66.1 Å². The third-order valence-electron chi connectivity index (χ3n) is 7.76. The normalized spacial score (nSPS) is 24.3. The number of fused-ring (bicyclic) bond motifs is 1. The Morgan fingerprint density at radius 3 is 2.89 bits per heavy atom. The Labute approximate surface area is 201 Å². The third-order valence-corrected chi connectivity index (χ3v) is 7.76. The van der Waals surface area contributed by atoms with Crippen LogP contribution in [0.1, 0.15) is 35.9 Å². The van der Waals surface area contributed by atoms with Gasteiger partial charge in [-0.2, -0.15) is 4.39 Å². The van der Waals surface area contributed by atoms with Crippen molar-refractivity contribution in [2.24, 2.45) is 5.41 Å². The number of imidazole rings is 2. The molecule has 0 N–H and O–H groups in total. The smallest absolute Gasteiger partial charge is 0.254 e. The molecule has 3 fully saturated rings. The lowest BCUT2D eigenvalue weighted by Crippen LogP contribution is -2.42. The molecule has 3 aliphatic rings. The number of hydrogen-bond acceptors (Lipinski definition) is 5. The van der Waals surface area contributed by atoms with Crippen LogP contribution in [-0.4, -0.2) is 60.2 Å². The van der Waals surface area contributed by atoms with Crippen LogP contribution in [-0.2, 0) is 17.8 Å². The Hall–Kier alpha value is -3.59. The lowest BCUT2D eigenvalue weighted by atomic mass is 9.96. The second-order valence-corrected chi connectivity index (χ2v) is 9.82. The Morgan fingerprint density at radius 1 is 1.26 bits per heavy atom. The summed E-state index contributed by atoms with van der Waals surface area (Å²) in [4.78, 5) is 28.6. The molecule has 1 spiro atoms. The number of amides is 1. The maximum Gasteiger partial charge on any atom is 0.254 e. The second-order valence-electron chi connectivity index (χ2n) is 9.82. The van der Waals surface area contributed by atoms with E-state index in [9.17, 15) is 9.18 Å². The molecule has 3 aromatic heterocycles. The molecule has 9 heteroatoms. The van der Waals surface area contributed by atoms with Crippen LogP contribution in [0.4, 0.5) is 4.39 Å². The zero-order chi connectivity index (χ0) is 23.7. The molecule has 1 saturated carbocycles. The molecule has 3 unspecified atom stereocenters. The number of rotatable bonds is 6. The fraction of sp³-hybridized carbons (Fsp3) is 0.385. The molecular formula is C26H25FN6O2. The SMILES string of the molecule is CCCn1c(Cn2ccnc2-c2cccc(F)n2)nc2cc(C(=O)N3CC4OCC45CC35)ccc21. The van der Waals surface area contributed by atoms with Crippen LogP contribution in [0, 0.1) is 11.4 Å². The van der Waals surface area contributed by atoms with Crippen LogP contribution in [0.5, 0.6) is 0 Å². The first-order valence-corrected chi connectivity index (χ1v) is 12.1. The van der Waals surface area contributed by atoms with Gasteiger partial charge >= 0.3 is 0 Å². The summed E-state index contributed by atoms with van der Waals surface area (Å²) in [7, 11) is 0. The summed E-state index contributed by atoms with van der Waals surface area (Å²) in [6, 6.07) is 10.8. The topological polar surface area (TPSA) is 78.1 Å². The van der Waals surface area contributed by atoms with E-state index in [1.165, 1.54) is 6.07 Å². The number of hydrogen-bond donors (Lipinski definition) is 0. The zero-order valence-electron chi connectivity index (χ0n) is 19.4. The molecular weight excluding hydrogens is 447 g/mol. The van der Waals surface area contributed by atoms with E-state index in [1.807, 2.05) is 33.9 Å². The summed E-state index contributed by atoms with van der Waals surface area (Å²) in [5.41, 5.74) is 3.18. The van der Waals surface area contributed by atoms with Crippen molar-refractivity contribution in [3.63, 3.8) is 0 Å². The number of ether oxygens (including phenoxy) is 1. The summed E-state index contributed by atoms with van der Waals surface area (Å²) in [5.74, 6) is 0.963. The van der Waals surface area contributed by atoms with E-state index in [-0.39, 0.29) is 17.4 Å². The van der Waals surface area contributed by atoms with Crippen molar-refractivity contribution >= 4 is 16.9 Å². The molecule has 178 valence electrons. The van der Waals surface area contributed by atoms with E-state index < -0.39 is 5.95 Å². The van der Waals surface area contributed by atoms with E-state index in [0.717, 1.165) is 42.9 Å². The number of benzene rings is 1. The monoisotopic (exact) mass is 472 g/mol. The molecule has 0 bridgehead atoms. The molecule has 8 nitrogen and oxygen atoms in total. The zero-order valence-corrected chi connectivity index (χ0v) is 19.4. The minimum atomic E-state index is -0.540. The van der Waals surface area contributed by atoms with Gasteiger partial charge in [0.1, 0.15) is 11.5 Å². The van der Waals surface area contributed by atoms with Crippen LogP contribution in [0.15, 0.2) is 48.8 Å². The van der Waals surface area contributed by atoms with E-state index in [4.69, 9.17) is 9.72 Å². The molecule has 0 radical (unpaired) electrons. The van der Waals surface area contributed by atoms with Crippen molar-refractivity contribution in [3.8, 4) is 11.5 Å². The summed E-state index contributed by atoms with van der Waals surface area (Å²) in [5, 5.41) is 0. The van der Waals surface area contributed by atoms with Crippen LogP contribution in [0.3, 0.4) is 0 Å². The highest BCUT2D eigenvalue weighted by atomic mass is 19.1. The number of carbonyl (C=O) groups excluding carboxylic acids is 1. The average Bonchev–Trinajstić information content (AvgIpc) is 3.21. The van der Waals surface area contributed by atoms with Crippen LogP contribution in [0.2, 0.25) is 0 Å². The molecule has 2 aliphatic heterocycles. The summed E-state index contributed by atoms with van der Waals surface area (Å²) >= 11 is 0. The average molecular weight is 473 g/mol. The summed E-state index contributed by atoms with van der Waals surface area (Å²) < 4.78 is 23.5. The largest absolute Gasteiger partial charge is 0.375 e. The molecule has 5 heterocycles. The lowest BCUT2D eigenvalue weighted by Gasteiger charge is -2.33. The fourth-order valence-electron chi connectivity index (χ4n) is 5.83. The van der Waals surface area contributed by atoms with Crippen molar-refractivity contribution in [1.82, 2.24) is 29.0 Å². The van der Waals surface area contributed by atoms with Gasteiger partial charge in [0.25, 0.3) is 5.91 Å². The number of aromatic nitrogens is 5. The lowest BCUT2D eigenvalue weighted by molar-refractivity contribution is -0.114. The Kier molecular flexibility index (Phi) is 4.42. The molecule has 35 heavy (non-hydrogen) atoms. The highest BCUT2D eigenvalue weighted by Gasteiger charge is 2.73. The van der Waals surface area contributed by atoms with Gasteiger partial charge in [0.2, 0.25) is 5.95 Å². The first kappa shape index (κ1) is 20.8. The van der Waals surface area contributed by atoms with E-state index >= 15 is 0 Å². The maximum atomic E-state index is 13.7. The van der Waals surface area contributed by atoms with E-state index in [0.29, 0.717) is 36.2 Å². The third kappa shape index (κ3) is 3.07. The van der Waals surface area contributed by atoms with Gasteiger partial charge in [-0.1, -0.05) is 13.0 Å². The van der Waals surface area contributed by atoms with Gasteiger partial charge in [-0.15, -0.1) is 0 Å². The number of pyridine rings is 1. The molecule has 1 aliphatic carbocycles. The quantitative estimate of drug-likeness (QED) is 0.402. The number of halogens is 1. The maximum absolute atomic E-state index is 13.7. The predicted molar refractivity (Wildman–Crippen MR) is 126 cm³/mol. The summed E-state index contributed by atoms with van der Waals surface area (Å²) in [6.45, 7) is 4.87. The number of aryl methyl sites for hydroxylation is 1. The van der Waals surface area contributed by atoms with Gasteiger partial charge < -0.3 is 18.8 Å². The molecule has 4 aromatic rings. The van der Waals surface area contributed by atoms with Gasteiger partial charge in [0.05, 0.1) is 30.3 Å². The Balaban J connectivity index is 1.22. The van der Waals surface area contributed by atoms with Gasteiger partial charge in [-0.3, -0.25) is 4.79 Å². The minimum Gasteiger partial charge on any atom is -0.375 e. The Bertz CT molecular complexity index is 1480. The first-order chi connectivity index (χ1) is 17.1. The molecule has 1 aromatic carbocycles. The van der Waals surface area contributed by atoms with Crippen molar-refractivity contribution < 1.29 is 13.9 Å². The van der Waals surface area contributed by atoms with E-state index in [1.54, 1.807) is 18.3 Å². The van der Waals surface area contributed by atoms with Crippen LogP contribution in [0.25, 0.3) is 22.6 Å². The van der Waals surface area contributed by atoms with Gasteiger partial charge in [-0.25, -0.2) is 15.0 Å². The van der Waals surface area contributed by atoms with Crippen molar-refractivity contribution in [2.75, 3.05) is 13.2 Å². The Morgan fingerprint density at radius 2 is 2.17 bits per heavy atom. The van der Waals surface area contributed by atoms with Crippen molar-refractivity contribution in [2.45, 2.75) is 45.0 Å². The highest BCUT2D eigenvalue weighted by Crippen LogP contribution is 2.63. The fourth-order valence-corrected chi connectivity index (χ4v) is 5.83. The van der Waals surface area contributed by atoms with Crippen LogP contribution >= 0.6 is 0 Å². The number of nitrogens with zero attached hydrogens (tertiary/aromatic N) is 6. The van der Waals surface area contributed by atoms with Gasteiger partial charge in [0.15, 0.2) is 5.82 Å². The van der Waals surface area contributed by atoms with Crippen LogP contribution < -0.4 is 0 Å². The molecule has 3 atom stereocenters. The number of piperidine rings is 1. The minimum absolute atomic E-state index is 0.0624. The van der Waals surface area contributed by atoms with Gasteiger partial charge in [0, 0.05) is 42.5 Å².